The van der Waals surface area contributed by atoms with Gasteiger partial charge in [0.25, 0.3) is 0 Å². The molecular formula is C16H20ClFN2O. The molecule has 0 aliphatic carbocycles. The topological polar surface area (TPSA) is 38.1 Å². The van der Waals surface area contributed by atoms with Gasteiger partial charge in [-0.25, -0.2) is 9.37 Å². The Hall–Kier alpha value is -1.39. The van der Waals surface area contributed by atoms with Crippen molar-refractivity contribution >= 4 is 11.6 Å². The van der Waals surface area contributed by atoms with Crippen molar-refractivity contribution in [1.82, 2.24) is 10.3 Å². The van der Waals surface area contributed by atoms with Crippen molar-refractivity contribution in [3.05, 3.63) is 41.1 Å². The van der Waals surface area contributed by atoms with Crippen LogP contribution < -0.4 is 5.32 Å². The first-order valence-electron chi connectivity index (χ1n) is 7.01. The molecule has 5 heteroatoms. The number of rotatable bonds is 5. The van der Waals surface area contributed by atoms with Gasteiger partial charge in [-0.2, -0.15) is 0 Å². The number of benzene rings is 1. The normalized spacial score (nSPS) is 11.9. The van der Waals surface area contributed by atoms with Gasteiger partial charge in [-0.3, -0.25) is 0 Å². The van der Waals surface area contributed by atoms with Gasteiger partial charge in [-0.05, 0) is 45.9 Å². The van der Waals surface area contributed by atoms with Gasteiger partial charge in [-0.1, -0.05) is 17.7 Å². The number of nitrogens with zero attached hydrogens (tertiary/aromatic N) is 1. The summed E-state index contributed by atoms with van der Waals surface area (Å²) in [7, 11) is 0. The van der Waals surface area contributed by atoms with Gasteiger partial charge in [0.2, 0.25) is 0 Å². The Bertz CT molecular complexity index is 605. The van der Waals surface area contributed by atoms with Crippen LogP contribution >= 0.6 is 11.6 Å². The van der Waals surface area contributed by atoms with Crippen molar-refractivity contribution < 1.29 is 8.81 Å². The van der Waals surface area contributed by atoms with E-state index < -0.39 is 5.82 Å². The van der Waals surface area contributed by atoms with Crippen LogP contribution in [0, 0.1) is 5.82 Å². The predicted octanol–water partition coefficient (Wildman–Crippen LogP) is 4.45. The molecule has 114 valence electrons. The second-order valence-corrected chi connectivity index (χ2v) is 6.41. The van der Waals surface area contributed by atoms with Gasteiger partial charge < -0.3 is 9.73 Å². The summed E-state index contributed by atoms with van der Waals surface area (Å²) in [4.78, 5) is 4.19. The van der Waals surface area contributed by atoms with Crippen LogP contribution in [0.4, 0.5) is 4.39 Å². The molecule has 0 aliphatic heterocycles. The molecule has 0 spiro atoms. The fraction of sp³-hybridized carbons (Fsp3) is 0.438. The third-order valence-corrected chi connectivity index (χ3v) is 3.29. The zero-order valence-electron chi connectivity index (χ0n) is 12.5. The lowest BCUT2D eigenvalue weighted by Gasteiger charge is -2.20. The summed E-state index contributed by atoms with van der Waals surface area (Å²) < 4.78 is 19.5. The van der Waals surface area contributed by atoms with E-state index in [9.17, 15) is 4.39 Å². The van der Waals surface area contributed by atoms with E-state index in [4.69, 9.17) is 16.0 Å². The van der Waals surface area contributed by atoms with Crippen LogP contribution in [-0.4, -0.2) is 17.1 Å². The third-order valence-electron chi connectivity index (χ3n) is 2.99. The third kappa shape index (κ3) is 4.55. The molecule has 21 heavy (non-hydrogen) atoms. The van der Waals surface area contributed by atoms with E-state index >= 15 is 0 Å². The molecule has 0 aliphatic rings. The van der Waals surface area contributed by atoms with Crippen molar-refractivity contribution in [2.75, 3.05) is 6.54 Å². The molecular weight excluding hydrogens is 291 g/mol. The summed E-state index contributed by atoms with van der Waals surface area (Å²) in [5.41, 5.74) is 0.445. The van der Waals surface area contributed by atoms with Crippen molar-refractivity contribution in [1.29, 1.82) is 0 Å². The minimum absolute atomic E-state index is 0.0832. The highest BCUT2D eigenvalue weighted by Crippen LogP contribution is 2.28. The van der Waals surface area contributed by atoms with E-state index in [0.717, 1.165) is 13.0 Å². The molecule has 1 aromatic carbocycles. The van der Waals surface area contributed by atoms with E-state index in [1.807, 2.05) is 0 Å². The smallest absolute Gasteiger partial charge is 0.194 e. The summed E-state index contributed by atoms with van der Waals surface area (Å²) in [5, 5.41) is 3.48. The molecule has 0 saturated carbocycles. The first-order valence-corrected chi connectivity index (χ1v) is 7.39. The number of halogens is 2. The summed E-state index contributed by atoms with van der Waals surface area (Å²) in [6, 6.07) is 4.83. The van der Waals surface area contributed by atoms with Crippen LogP contribution in [0.15, 0.2) is 28.8 Å². The number of hydrogen-bond donors (Lipinski definition) is 1. The quantitative estimate of drug-likeness (QED) is 0.829. The highest BCUT2D eigenvalue weighted by molar-refractivity contribution is 6.31. The summed E-state index contributed by atoms with van der Waals surface area (Å²) in [6.07, 6.45) is 3.17. The van der Waals surface area contributed by atoms with Crippen LogP contribution in [0.3, 0.4) is 0 Å². The molecule has 0 bridgehead atoms. The molecule has 0 atom stereocenters. The van der Waals surface area contributed by atoms with Crippen molar-refractivity contribution in [2.24, 2.45) is 0 Å². The minimum Gasteiger partial charge on any atom is -0.441 e. The molecule has 1 heterocycles. The maximum absolute atomic E-state index is 13.9. The Kier molecular flexibility index (Phi) is 5.01. The van der Waals surface area contributed by atoms with Crippen LogP contribution in [0.1, 0.15) is 33.1 Å². The molecule has 2 aromatic rings. The van der Waals surface area contributed by atoms with Crippen molar-refractivity contribution in [2.45, 2.75) is 39.2 Å². The Morgan fingerprint density at radius 3 is 2.81 bits per heavy atom. The SMILES string of the molecule is CC(C)(C)NCCCc1ncc(-c2cccc(Cl)c2F)o1. The second kappa shape index (κ2) is 6.58. The molecule has 0 saturated heterocycles. The molecule has 0 unspecified atom stereocenters. The van der Waals surface area contributed by atoms with E-state index in [1.54, 1.807) is 18.3 Å². The highest BCUT2D eigenvalue weighted by Gasteiger charge is 2.13. The Morgan fingerprint density at radius 2 is 2.10 bits per heavy atom. The zero-order chi connectivity index (χ0) is 15.5. The van der Waals surface area contributed by atoms with Gasteiger partial charge >= 0.3 is 0 Å². The van der Waals surface area contributed by atoms with E-state index in [2.05, 4.69) is 31.1 Å². The monoisotopic (exact) mass is 310 g/mol. The van der Waals surface area contributed by atoms with Gasteiger partial charge in [0.15, 0.2) is 17.5 Å². The average molecular weight is 311 g/mol. The number of oxazole rings is 1. The number of aryl methyl sites for hydroxylation is 1. The number of hydrogen-bond acceptors (Lipinski definition) is 3. The largest absolute Gasteiger partial charge is 0.441 e. The fourth-order valence-electron chi connectivity index (χ4n) is 1.95. The van der Waals surface area contributed by atoms with Gasteiger partial charge in [0.1, 0.15) is 0 Å². The maximum Gasteiger partial charge on any atom is 0.194 e. The number of nitrogens with one attached hydrogen (secondary N) is 1. The summed E-state index contributed by atoms with van der Waals surface area (Å²) in [6.45, 7) is 7.25. The lowest BCUT2D eigenvalue weighted by atomic mass is 10.1. The minimum atomic E-state index is -0.476. The van der Waals surface area contributed by atoms with Crippen LogP contribution in [0.2, 0.25) is 5.02 Å². The van der Waals surface area contributed by atoms with Gasteiger partial charge in [-0.15, -0.1) is 0 Å². The summed E-state index contributed by atoms with van der Waals surface area (Å²) in [5.74, 6) is 0.546. The highest BCUT2D eigenvalue weighted by atomic mass is 35.5. The number of aromatic nitrogens is 1. The summed E-state index contributed by atoms with van der Waals surface area (Å²) >= 11 is 5.77. The van der Waals surface area contributed by atoms with Crippen LogP contribution in [0.25, 0.3) is 11.3 Å². The standard InChI is InChI=1S/C16H20ClFN2O/c1-16(2,3)20-9-5-8-14-19-10-13(21-14)11-6-4-7-12(17)15(11)18/h4,6-7,10,20H,5,8-9H2,1-3H3. The molecule has 1 N–H and O–H groups in total. The predicted molar refractivity (Wildman–Crippen MR) is 83.0 cm³/mol. The molecule has 0 amide bonds. The molecule has 3 nitrogen and oxygen atoms in total. The lowest BCUT2D eigenvalue weighted by molar-refractivity contribution is 0.412. The first-order chi connectivity index (χ1) is 9.87. The Labute approximate surface area is 129 Å². The Morgan fingerprint density at radius 1 is 1.33 bits per heavy atom. The molecule has 1 aromatic heterocycles. The molecule has 0 radical (unpaired) electrons. The van der Waals surface area contributed by atoms with E-state index in [-0.39, 0.29) is 10.6 Å². The Balaban J connectivity index is 1.97. The molecule has 2 rings (SSSR count). The van der Waals surface area contributed by atoms with E-state index in [0.29, 0.717) is 23.6 Å². The van der Waals surface area contributed by atoms with Gasteiger partial charge in [0.05, 0.1) is 16.8 Å². The first kappa shape index (κ1) is 16.0. The second-order valence-electron chi connectivity index (χ2n) is 6.00. The van der Waals surface area contributed by atoms with Gasteiger partial charge in [0, 0.05) is 12.0 Å². The van der Waals surface area contributed by atoms with E-state index in [1.165, 1.54) is 6.07 Å². The fourth-order valence-corrected chi connectivity index (χ4v) is 2.12. The van der Waals surface area contributed by atoms with Crippen LogP contribution in [0.5, 0.6) is 0 Å². The zero-order valence-corrected chi connectivity index (χ0v) is 13.3. The van der Waals surface area contributed by atoms with Crippen LogP contribution in [-0.2, 0) is 6.42 Å². The maximum atomic E-state index is 13.9. The lowest BCUT2D eigenvalue weighted by Crippen LogP contribution is -2.36. The van der Waals surface area contributed by atoms with Crippen molar-refractivity contribution in [3.63, 3.8) is 0 Å². The molecule has 0 fully saturated rings. The average Bonchev–Trinajstić information content (AvgIpc) is 2.85. The van der Waals surface area contributed by atoms with Crippen molar-refractivity contribution in [3.8, 4) is 11.3 Å².